The van der Waals surface area contributed by atoms with E-state index in [-0.39, 0.29) is 6.04 Å². The van der Waals surface area contributed by atoms with Gasteiger partial charge in [-0.1, -0.05) is 38.1 Å². The van der Waals surface area contributed by atoms with Crippen molar-refractivity contribution in [2.24, 2.45) is 0 Å². The van der Waals surface area contributed by atoms with Gasteiger partial charge >= 0.3 is 0 Å². The van der Waals surface area contributed by atoms with Crippen molar-refractivity contribution in [2.75, 3.05) is 6.54 Å². The summed E-state index contributed by atoms with van der Waals surface area (Å²) in [4.78, 5) is 2.37. The predicted octanol–water partition coefficient (Wildman–Crippen LogP) is 3.79. The van der Waals surface area contributed by atoms with Gasteiger partial charge in [-0.3, -0.25) is 4.90 Å². The van der Waals surface area contributed by atoms with Crippen LogP contribution < -0.4 is 0 Å². The molecule has 0 saturated heterocycles. The molecule has 0 amide bonds. The van der Waals surface area contributed by atoms with Crippen LogP contribution in [0.2, 0.25) is 0 Å². The van der Waals surface area contributed by atoms with Gasteiger partial charge < -0.3 is 5.11 Å². The number of nitrogens with zero attached hydrogens (tertiary/aromatic N) is 1. The number of rotatable bonds is 7. The second-order valence-corrected chi connectivity index (χ2v) is 5.61. The van der Waals surface area contributed by atoms with Gasteiger partial charge in [0.15, 0.2) is 0 Å². The average Bonchev–Trinajstić information content (AvgIpc) is 2.43. The fourth-order valence-electron chi connectivity index (χ4n) is 2.60. The number of aliphatic hydroxyl groups is 1. The molecular formula is C17H29NO. The third kappa shape index (κ3) is 4.32. The van der Waals surface area contributed by atoms with Gasteiger partial charge in [0.2, 0.25) is 0 Å². The lowest BCUT2D eigenvalue weighted by Gasteiger charge is -2.35. The first-order chi connectivity index (χ1) is 9.01. The molecule has 1 rings (SSSR count). The molecule has 0 aliphatic rings. The normalized spacial score (nSPS) is 14.9. The van der Waals surface area contributed by atoms with Crippen molar-refractivity contribution in [2.45, 2.75) is 65.6 Å². The molecule has 0 aliphatic heterocycles. The highest BCUT2D eigenvalue weighted by molar-refractivity contribution is 5.25. The minimum atomic E-state index is -0.417. The molecule has 0 aliphatic carbocycles. The van der Waals surface area contributed by atoms with E-state index in [1.54, 1.807) is 0 Å². The quantitative estimate of drug-likeness (QED) is 0.809. The highest BCUT2D eigenvalue weighted by atomic mass is 16.3. The number of hydrogen-bond acceptors (Lipinski definition) is 2. The summed E-state index contributed by atoms with van der Waals surface area (Å²) >= 11 is 0. The van der Waals surface area contributed by atoms with E-state index in [0.29, 0.717) is 6.04 Å². The van der Waals surface area contributed by atoms with Crippen LogP contribution in [0.4, 0.5) is 0 Å². The Morgan fingerprint density at radius 1 is 1.05 bits per heavy atom. The highest BCUT2D eigenvalue weighted by Crippen LogP contribution is 2.23. The van der Waals surface area contributed by atoms with Gasteiger partial charge in [-0.25, -0.2) is 0 Å². The van der Waals surface area contributed by atoms with Crippen molar-refractivity contribution in [3.05, 3.63) is 35.4 Å². The van der Waals surface area contributed by atoms with Crippen LogP contribution in [0.3, 0.4) is 0 Å². The first-order valence-corrected chi connectivity index (χ1v) is 7.53. The summed E-state index contributed by atoms with van der Waals surface area (Å²) in [5, 5.41) is 10.6. The standard InChI is InChI=1S/C17H29NO/c1-6-12-18(13(3)4)14(5)17(19)16-10-8-15(7-2)9-11-16/h8-11,13-14,17,19H,6-7,12H2,1-5H3. The molecule has 2 heteroatoms. The lowest BCUT2D eigenvalue weighted by Crippen LogP contribution is -2.42. The maximum absolute atomic E-state index is 10.6. The van der Waals surface area contributed by atoms with E-state index in [9.17, 15) is 5.11 Å². The molecule has 0 heterocycles. The molecule has 0 fully saturated rings. The molecule has 0 radical (unpaired) electrons. The topological polar surface area (TPSA) is 23.5 Å². The number of benzene rings is 1. The van der Waals surface area contributed by atoms with E-state index in [1.807, 2.05) is 0 Å². The van der Waals surface area contributed by atoms with Crippen LogP contribution in [0, 0.1) is 0 Å². The number of hydrogen-bond donors (Lipinski definition) is 1. The second-order valence-electron chi connectivity index (χ2n) is 5.61. The molecule has 1 N–H and O–H groups in total. The van der Waals surface area contributed by atoms with E-state index < -0.39 is 6.10 Å². The fourth-order valence-corrected chi connectivity index (χ4v) is 2.60. The predicted molar refractivity (Wildman–Crippen MR) is 82.4 cm³/mol. The van der Waals surface area contributed by atoms with Gasteiger partial charge in [0.05, 0.1) is 6.10 Å². The summed E-state index contributed by atoms with van der Waals surface area (Å²) in [7, 11) is 0. The molecule has 0 aromatic heterocycles. The van der Waals surface area contributed by atoms with Crippen LogP contribution in [0.1, 0.15) is 58.3 Å². The Bertz CT molecular complexity index is 358. The monoisotopic (exact) mass is 263 g/mol. The molecule has 2 unspecified atom stereocenters. The molecule has 108 valence electrons. The zero-order valence-corrected chi connectivity index (χ0v) is 13.1. The lowest BCUT2D eigenvalue weighted by atomic mass is 9.99. The smallest absolute Gasteiger partial charge is 0.0942 e. The third-order valence-electron chi connectivity index (χ3n) is 3.85. The molecule has 0 bridgehead atoms. The molecule has 2 atom stereocenters. The minimum absolute atomic E-state index is 0.146. The van der Waals surface area contributed by atoms with Crippen molar-refractivity contribution in [1.82, 2.24) is 4.90 Å². The molecule has 1 aromatic carbocycles. The summed E-state index contributed by atoms with van der Waals surface area (Å²) in [6.45, 7) is 11.9. The molecule has 0 saturated carbocycles. The Kier molecular flexibility index (Phi) is 6.53. The number of aryl methyl sites for hydroxylation is 1. The van der Waals surface area contributed by atoms with Crippen LogP contribution in [-0.4, -0.2) is 28.6 Å². The van der Waals surface area contributed by atoms with Crippen molar-refractivity contribution in [3.8, 4) is 0 Å². The minimum Gasteiger partial charge on any atom is -0.387 e. The summed E-state index contributed by atoms with van der Waals surface area (Å²) in [5.41, 5.74) is 2.34. The van der Waals surface area contributed by atoms with Crippen molar-refractivity contribution >= 4 is 0 Å². The summed E-state index contributed by atoms with van der Waals surface area (Å²) in [6.07, 6.45) is 1.74. The van der Waals surface area contributed by atoms with Gasteiger partial charge in [-0.15, -0.1) is 0 Å². The van der Waals surface area contributed by atoms with Crippen molar-refractivity contribution in [1.29, 1.82) is 0 Å². The largest absolute Gasteiger partial charge is 0.387 e. The van der Waals surface area contributed by atoms with Crippen LogP contribution in [0.25, 0.3) is 0 Å². The van der Waals surface area contributed by atoms with Crippen molar-refractivity contribution < 1.29 is 5.11 Å². The van der Waals surface area contributed by atoms with Gasteiger partial charge in [-0.2, -0.15) is 0 Å². The Labute approximate surface area is 118 Å². The SMILES string of the molecule is CCCN(C(C)C)C(C)C(O)c1ccc(CC)cc1. The maximum atomic E-state index is 10.6. The molecule has 0 spiro atoms. The third-order valence-corrected chi connectivity index (χ3v) is 3.85. The fraction of sp³-hybridized carbons (Fsp3) is 0.647. The first kappa shape index (κ1) is 16.2. The molecule has 2 nitrogen and oxygen atoms in total. The summed E-state index contributed by atoms with van der Waals surface area (Å²) < 4.78 is 0. The molecular weight excluding hydrogens is 234 g/mol. The molecule has 1 aromatic rings. The van der Waals surface area contributed by atoms with E-state index >= 15 is 0 Å². The van der Waals surface area contributed by atoms with Gasteiger partial charge in [0.1, 0.15) is 0 Å². The van der Waals surface area contributed by atoms with Gasteiger partial charge in [0.25, 0.3) is 0 Å². The lowest BCUT2D eigenvalue weighted by molar-refractivity contribution is 0.0402. The Hall–Kier alpha value is -0.860. The van der Waals surface area contributed by atoms with E-state index in [1.165, 1.54) is 5.56 Å². The Morgan fingerprint density at radius 2 is 1.63 bits per heavy atom. The van der Waals surface area contributed by atoms with Crippen LogP contribution in [0.5, 0.6) is 0 Å². The van der Waals surface area contributed by atoms with Crippen LogP contribution >= 0.6 is 0 Å². The van der Waals surface area contributed by atoms with Crippen LogP contribution in [0.15, 0.2) is 24.3 Å². The second kappa shape index (κ2) is 7.66. The van der Waals surface area contributed by atoms with E-state index in [2.05, 4.69) is 63.8 Å². The maximum Gasteiger partial charge on any atom is 0.0942 e. The first-order valence-electron chi connectivity index (χ1n) is 7.53. The molecule has 19 heavy (non-hydrogen) atoms. The van der Waals surface area contributed by atoms with Crippen LogP contribution in [-0.2, 0) is 6.42 Å². The average molecular weight is 263 g/mol. The Balaban J connectivity index is 2.80. The summed E-state index contributed by atoms with van der Waals surface area (Å²) in [6, 6.07) is 8.96. The zero-order valence-electron chi connectivity index (χ0n) is 13.1. The zero-order chi connectivity index (χ0) is 14.4. The van der Waals surface area contributed by atoms with E-state index in [4.69, 9.17) is 0 Å². The summed E-state index contributed by atoms with van der Waals surface area (Å²) in [5.74, 6) is 0. The highest BCUT2D eigenvalue weighted by Gasteiger charge is 2.24. The van der Waals surface area contributed by atoms with Crippen molar-refractivity contribution in [3.63, 3.8) is 0 Å². The number of aliphatic hydroxyl groups excluding tert-OH is 1. The van der Waals surface area contributed by atoms with Gasteiger partial charge in [-0.05, 0) is 51.3 Å². The van der Waals surface area contributed by atoms with Gasteiger partial charge in [0, 0.05) is 12.1 Å². The van der Waals surface area contributed by atoms with E-state index in [0.717, 1.165) is 24.9 Å². The Morgan fingerprint density at radius 3 is 2.05 bits per heavy atom.